The third-order valence-corrected chi connectivity index (χ3v) is 4.11. The molecule has 1 unspecified atom stereocenters. The van der Waals surface area contributed by atoms with Crippen LogP contribution in [-0.2, 0) is 0 Å². The lowest BCUT2D eigenvalue weighted by Crippen LogP contribution is -2.35. The Morgan fingerprint density at radius 3 is 2.78 bits per heavy atom. The van der Waals surface area contributed by atoms with Crippen LogP contribution in [0.5, 0.6) is 0 Å². The lowest BCUT2D eigenvalue weighted by molar-refractivity contribution is 0.269. The van der Waals surface area contributed by atoms with Crippen molar-refractivity contribution in [2.45, 2.75) is 25.8 Å². The van der Waals surface area contributed by atoms with E-state index < -0.39 is 0 Å². The molecule has 1 aromatic carbocycles. The quantitative estimate of drug-likeness (QED) is 0.928. The minimum Gasteiger partial charge on any atom is -0.383 e. The van der Waals surface area contributed by atoms with Crippen molar-refractivity contribution in [3.05, 3.63) is 28.2 Å². The van der Waals surface area contributed by atoms with Crippen LogP contribution in [0.3, 0.4) is 0 Å². The van der Waals surface area contributed by atoms with Gasteiger partial charge in [0.25, 0.3) is 0 Å². The zero-order chi connectivity index (χ0) is 13.0. The highest BCUT2D eigenvalue weighted by Gasteiger charge is 2.17. The molecule has 1 N–H and O–H groups in total. The van der Waals surface area contributed by atoms with E-state index in [9.17, 15) is 0 Å². The maximum atomic E-state index is 8.86. The Morgan fingerprint density at radius 1 is 1.44 bits per heavy atom. The van der Waals surface area contributed by atoms with E-state index in [0.29, 0.717) is 11.6 Å². The number of nitrogens with one attached hydrogen (secondary N) is 1. The second-order valence-electron chi connectivity index (χ2n) is 4.78. The number of hydrogen-bond acceptors (Lipinski definition) is 3. The van der Waals surface area contributed by atoms with E-state index in [1.807, 2.05) is 18.2 Å². The van der Waals surface area contributed by atoms with Gasteiger partial charge in [-0.2, -0.15) is 5.26 Å². The van der Waals surface area contributed by atoms with Crippen molar-refractivity contribution in [3.8, 4) is 6.07 Å². The number of nitrogens with zero attached hydrogens (tertiary/aromatic N) is 2. The van der Waals surface area contributed by atoms with Gasteiger partial charge in [-0.05, 0) is 67.0 Å². The Hall–Kier alpha value is -1.05. The summed E-state index contributed by atoms with van der Waals surface area (Å²) in [5.41, 5.74) is 1.74. The molecule has 3 nitrogen and oxygen atoms in total. The van der Waals surface area contributed by atoms with E-state index in [1.165, 1.54) is 25.9 Å². The molecule has 0 bridgehead atoms. The Balaban J connectivity index is 1.90. The van der Waals surface area contributed by atoms with E-state index in [4.69, 9.17) is 5.26 Å². The van der Waals surface area contributed by atoms with E-state index in [1.54, 1.807) is 0 Å². The second kappa shape index (κ2) is 6.21. The lowest BCUT2D eigenvalue weighted by atomic mass is 10.2. The summed E-state index contributed by atoms with van der Waals surface area (Å²) in [7, 11) is 0. The molecular weight excluding hydrogens is 290 g/mol. The summed E-state index contributed by atoms with van der Waals surface area (Å²) < 4.78 is 0.851. The SMILES string of the molecule is CC(CNc1ccc(C#N)c(Br)c1)N1CCCC1. The lowest BCUT2D eigenvalue weighted by Gasteiger charge is -2.24. The van der Waals surface area contributed by atoms with Crippen molar-refractivity contribution in [1.29, 1.82) is 5.26 Å². The molecule has 18 heavy (non-hydrogen) atoms. The average molecular weight is 308 g/mol. The highest BCUT2D eigenvalue weighted by molar-refractivity contribution is 9.10. The second-order valence-corrected chi connectivity index (χ2v) is 5.63. The van der Waals surface area contributed by atoms with Gasteiger partial charge < -0.3 is 5.32 Å². The normalized spacial score (nSPS) is 17.4. The first kappa shape index (κ1) is 13.4. The van der Waals surface area contributed by atoms with E-state index in [2.05, 4.69) is 39.1 Å². The van der Waals surface area contributed by atoms with Gasteiger partial charge in [0.05, 0.1) is 5.56 Å². The van der Waals surface area contributed by atoms with Crippen molar-refractivity contribution in [2.24, 2.45) is 0 Å². The van der Waals surface area contributed by atoms with Crippen molar-refractivity contribution < 1.29 is 0 Å². The molecule has 1 fully saturated rings. The number of anilines is 1. The molecule has 0 aliphatic carbocycles. The fourth-order valence-electron chi connectivity index (χ4n) is 2.29. The summed E-state index contributed by atoms with van der Waals surface area (Å²) in [5, 5.41) is 12.3. The van der Waals surface area contributed by atoms with E-state index in [0.717, 1.165) is 16.7 Å². The zero-order valence-corrected chi connectivity index (χ0v) is 12.2. The minimum atomic E-state index is 0.557. The number of benzene rings is 1. The van der Waals surface area contributed by atoms with Crippen LogP contribution in [0.2, 0.25) is 0 Å². The van der Waals surface area contributed by atoms with Gasteiger partial charge >= 0.3 is 0 Å². The topological polar surface area (TPSA) is 39.1 Å². The van der Waals surface area contributed by atoms with Crippen LogP contribution >= 0.6 is 15.9 Å². The summed E-state index contributed by atoms with van der Waals surface area (Å²) in [6.45, 7) is 5.65. The summed E-state index contributed by atoms with van der Waals surface area (Å²) >= 11 is 3.41. The minimum absolute atomic E-state index is 0.557. The monoisotopic (exact) mass is 307 g/mol. The van der Waals surface area contributed by atoms with Gasteiger partial charge in [-0.3, -0.25) is 4.90 Å². The Bertz CT molecular complexity index is 447. The van der Waals surface area contributed by atoms with Crippen molar-refractivity contribution in [2.75, 3.05) is 25.0 Å². The summed E-state index contributed by atoms with van der Waals surface area (Å²) in [6, 6.07) is 8.47. The molecule has 0 saturated carbocycles. The average Bonchev–Trinajstić information content (AvgIpc) is 2.90. The molecule has 1 heterocycles. The smallest absolute Gasteiger partial charge is 0.100 e. The van der Waals surface area contributed by atoms with Gasteiger partial charge in [0.15, 0.2) is 0 Å². The van der Waals surface area contributed by atoms with Gasteiger partial charge in [-0.15, -0.1) is 0 Å². The molecule has 96 valence electrons. The number of rotatable bonds is 4. The molecule has 1 saturated heterocycles. The fourth-order valence-corrected chi connectivity index (χ4v) is 2.76. The highest BCUT2D eigenvalue weighted by Crippen LogP contribution is 2.21. The van der Waals surface area contributed by atoms with Gasteiger partial charge in [0.2, 0.25) is 0 Å². The molecule has 1 aromatic rings. The molecular formula is C14H18BrN3. The molecule has 0 spiro atoms. The molecule has 0 amide bonds. The van der Waals surface area contributed by atoms with Crippen LogP contribution in [0.1, 0.15) is 25.3 Å². The summed E-state index contributed by atoms with van der Waals surface area (Å²) in [5.74, 6) is 0. The summed E-state index contributed by atoms with van der Waals surface area (Å²) in [4.78, 5) is 2.52. The molecule has 2 rings (SSSR count). The first-order valence-corrected chi connectivity index (χ1v) is 7.17. The Morgan fingerprint density at radius 2 is 2.17 bits per heavy atom. The molecule has 1 aliphatic rings. The maximum absolute atomic E-state index is 8.86. The predicted molar refractivity (Wildman–Crippen MR) is 77.6 cm³/mol. The number of hydrogen-bond donors (Lipinski definition) is 1. The zero-order valence-electron chi connectivity index (χ0n) is 10.6. The van der Waals surface area contributed by atoms with Gasteiger partial charge in [0, 0.05) is 22.7 Å². The molecule has 4 heteroatoms. The van der Waals surface area contributed by atoms with Crippen LogP contribution in [0.25, 0.3) is 0 Å². The van der Waals surface area contributed by atoms with Crippen LogP contribution in [0.4, 0.5) is 5.69 Å². The van der Waals surface area contributed by atoms with Gasteiger partial charge in [0.1, 0.15) is 6.07 Å². The van der Waals surface area contributed by atoms with Crippen molar-refractivity contribution >= 4 is 21.6 Å². The third kappa shape index (κ3) is 3.24. The highest BCUT2D eigenvalue weighted by atomic mass is 79.9. The van der Waals surface area contributed by atoms with Crippen LogP contribution in [0, 0.1) is 11.3 Å². The van der Waals surface area contributed by atoms with Crippen LogP contribution in [0.15, 0.2) is 22.7 Å². The third-order valence-electron chi connectivity index (χ3n) is 3.46. The molecule has 1 aliphatic heterocycles. The predicted octanol–water partition coefficient (Wildman–Crippen LogP) is 3.22. The Labute approximate surface area is 117 Å². The summed E-state index contributed by atoms with van der Waals surface area (Å²) in [6.07, 6.45) is 2.65. The van der Waals surface area contributed by atoms with Gasteiger partial charge in [-0.1, -0.05) is 0 Å². The standard InChI is InChI=1S/C14H18BrN3/c1-11(18-6-2-3-7-18)10-17-13-5-4-12(9-16)14(15)8-13/h4-5,8,11,17H,2-3,6-7,10H2,1H3. The first-order valence-electron chi connectivity index (χ1n) is 6.38. The van der Waals surface area contributed by atoms with E-state index in [-0.39, 0.29) is 0 Å². The van der Waals surface area contributed by atoms with Crippen molar-refractivity contribution in [1.82, 2.24) is 4.90 Å². The van der Waals surface area contributed by atoms with E-state index >= 15 is 0 Å². The number of likely N-dealkylation sites (tertiary alicyclic amines) is 1. The fraction of sp³-hybridized carbons (Fsp3) is 0.500. The van der Waals surface area contributed by atoms with Crippen LogP contribution in [-0.4, -0.2) is 30.6 Å². The molecule has 1 atom stereocenters. The van der Waals surface area contributed by atoms with Crippen LogP contribution < -0.4 is 5.32 Å². The van der Waals surface area contributed by atoms with Crippen molar-refractivity contribution in [3.63, 3.8) is 0 Å². The molecule has 0 radical (unpaired) electrons. The number of halogens is 1. The maximum Gasteiger partial charge on any atom is 0.100 e. The Kier molecular flexibility index (Phi) is 4.62. The first-order chi connectivity index (χ1) is 8.70. The van der Waals surface area contributed by atoms with Gasteiger partial charge in [-0.25, -0.2) is 0 Å². The number of nitriles is 1. The molecule has 0 aromatic heterocycles. The largest absolute Gasteiger partial charge is 0.383 e.